The predicted molar refractivity (Wildman–Crippen MR) is 173 cm³/mol. The molecule has 0 spiro atoms. The maximum Gasteiger partial charge on any atom is 0.343 e. The van der Waals surface area contributed by atoms with Gasteiger partial charge in [0.2, 0.25) is 0 Å². The van der Waals surface area contributed by atoms with Crippen LogP contribution in [0.4, 0.5) is 4.39 Å². The molecule has 4 aromatic rings. The van der Waals surface area contributed by atoms with E-state index in [9.17, 15) is 18.8 Å². The third-order valence-electron chi connectivity index (χ3n) is 7.15. The molecule has 1 aliphatic rings. The third-order valence-corrected chi connectivity index (χ3v) is 8.13. The molecule has 0 bridgehead atoms. The normalized spacial score (nSPS) is 14.2. The Morgan fingerprint density at radius 1 is 0.979 bits per heavy atom. The number of halogens is 1. The molecule has 10 nitrogen and oxygen atoms in total. The molecule has 0 radical (unpaired) electrons. The highest BCUT2D eigenvalue weighted by molar-refractivity contribution is 7.07. The molecule has 0 saturated carbocycles. The Labute approximate surface area is 274 Å². The number of rotatable bonds is 12. The molecule has 0 unspecified atom stereocenters. The van der Waals surface area contributed by atoms with E-state index in [1.54, 1.807) is 69.3 Å². The van der Waals surface area contributed by atoms with Crippen molar-refractivity contribution in [2.45, 2.75) is 33.4 Å². The fourth-order valence-corrected chi connectivity index (χ4v) is 6.02. The Balaban J connectivity index is 1.55. The monoisotopic (exact) mass is 660 g/mol. The molecule has 0 saturated heterocycles. The van der Waals surface area contributed by atoms with Gasteiger partial charge >= 0.3 is 11.9 Å². The number of aromatic nitrogens is 1. The van der Waals surface area contributed by atoms with Gasteiger partial charge in [0.05, 0.1) is 42.2 Å². The zero-order valence-corrected chi connectivity index (χ0v) is 27.1. The quantitative estimate of drug-likeness (QED) is 0.205. The summed E-state index contributed by atoms with van der Waals surface area (Å²) in [6, 6.07) is 17.4. The highest BCUT2D eigenvalue weighted by atomic mass is 32.1. The molecular weight excluding hydrogens is 627 g/mol. The Bertz CT molecular complexity index is 2000. The number of nitrogens with zero attached hydrogens (tertiary/aromatic N) is 2. The number of methoxy groups -OCH3 is 1. The lowest BCUT2D eigenvalue weighted by Gasteiger charge is -2.25. The standard InChI is InChI=1S/C35H33FN2O8S/c1-5-43-28-18-24(12-15-27(28)46-20-30(39)42-4)32-31(34(41)44-6-2)21(3)37-35-38(32)33(40)29(47-35)17-23-8-7-9-26(16-23)45-19-22-10-13-25(36)14-11-22/h7-18,32H,5-6,19-20H2,1-4H3/b29-17+/t32-/m0/s1. The van der Waals surface area contributed by atoms with Crippen molar-refractivity contribution in [1.82, 2.24) is 4.57 Å². The molecule has 1 aliphatic heterocycles. The number of carbonyl (C=O) groups is 2. The number of allylic oxidation sites excluding steroid dienone is 1. The smallest absolute Gasteiger partial charge is 0.343 e. The fraction of sp³-hybridized carbons (Fsp3) is 0.257. The van der Waals surface area contributed by atoms with Crippen molar-refractivity contribution in [3.63, 3.8) is 0 Å². The van der Waals surface area contributed by atoms with Crippen LogP contribution in [0, 0.1) is 5.82 Å². The van der Waals surface area contributed by atoms with Gasteiger partial charge in [-0.3, -0.25) is 9.36 Å². The van der Waals surface area contributed by atoms with Crippen LogP contribution >= 0.6 is 11.3 Å². The highest BCUT2D eigenvalue weighted by Crippen LogP contribution is 2.36. The second-order valence-electron chi connectivity index (χ2n) is 10.3. The van der Waals surface area contributed by atoms with Gasteiger partial charge in [-0.1, -0.05) is 41.7 Å². The summed E-state index contributed by atoms with van der Waals surface area (Å²) in [5.41, 5.74) is 2.37. The SMILES string of the molecule is CCOC(=O)C1=C(C)N=c2s/c(=C/c3cccc(OCc4ccc(F)cc4)c3)c(=O)n2[C@H]1c1ccc(OCC(=O)OC)c(OCC)c1. The van der Waals surface area contributed by atoms with E-state index in [1.807, 2.05) is 12.1 Å². The van der Waals surface area contributed by atoms with Crippen LogP contribution in [0.2, 0.25) is 0 Å². The largest absolute Gasteiger partial charge is 0.490 e. The summed E-state index contributed by atoms with van der Waals surface area (Å²) in [6.45, 7) is 5.57. The number of benzene rings is 3. The maximum atomic E-state index is 14.1. The summed E-state index contributed by atoms with van der Waals surface area (Å²) in [6.07, 6.45) is 1.74. The number of ether oxygens (including phenoxy) is 5. The molecule has 1 atom stereocenters. The van der Waals surface area contributed by atoms with E-state index in [0.717, 1.165) is 11.1 Å². The first-order valence-corrected chi connectivity index (χ1v) is 15.7. The number of thiazole rings is 1. The van der Waals surface area contributed by atoms with Crippen LogP contribution in [0.3, 0.4) is 0 Å². The van der Waals surface area contributed by atoms with Crippen LogP contribution in [0.15, 0.2) is 87.8 Å². The first-order chi connectivity index (χ1) is 22.7. The lowest BCUT2D eigenvalue weighted by molar-refractivity contribution is -0.143. The minimum Gasteiger partial charge on any atom is -0.490 e. The van der Waals surface area contributed by atoms with Crippen molar-refractivity contribution in [3.05, 3.63) is 120 Å². The zero-order valence-electron chi connectivity index (χ0n) is 26.3. The van der Waals surface area contributed by atoms with Crippen LogP contribution in [-0.2, 0) is 25.7 Å². The van der Waals surface area contributed by atoms with E-state index in [1.165, 1.54) is 35.1 Å². The van der Waals surface area contributed by atoms with Gasteiger partial charge in [-0.05, 0) is 79.9 Å². The van der Waals surface area contributed by atoms with Gasteiger partial charge in [0.15, 0.2) is 22.9 Å². The molecule has 1 aromatic heterocycles. The first-order valence-electron chi connectivity index (χ1n) is 14.9. The topological polar surface area (TPSA) is 115 Å². The van der Waals surface area contributed by atoms with Gasteiger partial charge in [0, 0.05) is 0 Å². The van der Waals surface area contributed by atoms with Crippen molar-refractivity contribution in [2.24, 2.45) is 4.99 Å². The van der Waals surface area contributed by atoms with E-state index >= 15 is 0 Å². The first kappa shape index (κ1) is 33.1. The maximum absolute atomic E-state index is 14.1. The van der Waals surface area contributed by atoms with E-state index in [2.05, 4.69) is 9.73 Å². The second kappa shape index (κ2) is 14.9. The predicted octanol–water partition coefficient (Wildman–Crippen LogP) is 4.47. The van der Waals surface area contributed by atoms with Crippen LogP contribution in [0.5, 0.6) is 17.2 Å². The molecule has 0 N–H and O–H groups in total. The Morgan fingerprint density at radius 3 is 2.49 bits per heavy atom. The molecule has 244 valence electrons. The number of hydrogen-bond donors (Lipinski definition) is 0. The Morgan fingerprint density at radius 2 is 1.77 bits per heavy atom. The van der Waals surface area contributed by atoms with Crippen LogP contribution in [0.1, 0.15) is 43.5 Å². The van der Waals surface area contributed by atoms with Crippen molar-refractivity contribution in [3.8, 4) is 17.2 Å². The number of carbonyl (C=O) groups excluding carboxylic acids is 2. The Hall–Kier alpha value is -5.23. The van der Waals surface area contributed by atoms with E-state index in [0.29, 0.717) is 44.4 Å². The summed E-state index contributed by atoms with van der Waals surface area (Å²) in [4.78, 5) is 44.1. The van der Waals surface area contributed by atoms with Crippen molar-refractivity contribution >= 4 is 29.4 Å². The molecule has 0 amide bonds. The number of esters is 2. The Kier molecular flexibility index (Phi) is 10.5. The summed E-state index contributed by atoms with van der Waals surface area (Å²) >= 11 is 1.19. The average molecular weight is 661 g/mol. The molecule has 0 fully saturated rings. The average Bonchev–Trinajstić information content (AvgIpc) is 3.36. The molecular formula is C35H33FN2O8S. The van der Waals surface area contributed by atoms with Crippen LogP contribution in [-0.4, -0.2) is 43.4 Å². The summed E-state index contributed by atoms with van der Waals surface area (Å²) < 4.78 is 42.6. The molecule has 2 heterocycles. The van der Waals surface area contributed by atoms with Gasteiger partial charge in [0.1, 0.15) is 18.2 Å². The highest BCUT2D eigenvalue weighted by Gasteiger charge is 2.34. The second-order valence-corrected chi connectivity index (χ2v) is 11.3. The molecule has 0 aliphatic carbocycles. The fourth-order valence-electron chi connectivity index (χ4n) is 4.98. The van der Waals surface area contributed by atoms with Gasteiger partial charge in [-0.2, -0.15) is 0 Å². The van der Waals surface area contributed by atoms with Crippen molar-refractivity contribution in [1.29, 1.82) is 0 Å². The van der Waals surface area contributed by atoms with Gasteiger partial charge in [-0.15, -0.1) is 0 Å². The van der Waals surface area contributed by atoms with Crippen LogP contribution < -0.4 is 29.1 Å². The molecule has 12 heteroatoms. The summed E-state index contributed by atoms with van der Waals surface area (Å²) in [5.74, 6) is -0.271. The molecule has 47 heavy (non-hydrogen) atoms. The molecule has 5 rings (SSSR count). The zero-order chi connectivity index (χ0) is 33.5. The van der Waals surface area contributed by atoms with Crippen molar-refractivity contribution < 1.29 is 37.7 Å². The van der Waals surface area contributed by atoms with Gasteiger partial charge < -0.3 is 23.7 Å². The van der Waals surface area contributed by atoms with E-state index < -0.39 is 18.0 Å². The lowest BCUT2D eigenvalue weighted by Crippen LogP contribution is -2.40. The summed E-state index contributed by atoms with van der Waals surface area (Å²) in [5, 5.41) is 0. The minimum atomic E-state index is -0.883. The third kappa shape index (κ3) is 7.60. The van der Waals surface area contributed by atoms with Crippen LogP contribution in [0.25, 0.3) is 6.08 Å². The van der Waals surface area contributed by atoms with E-state index in [4.69, 9.17) is 18.9 Å². The van der Waals surface area contributed by atoms with Gasteiger partial charge in [-0.25, -0.2) is 19.0 Å². The minimum absolute atomic E-state index is 0.136. The van der Waals surface area contributed by atoms with E-state index in [-0.39, 0.29) is 36.8 Å². The number of hydrogen-bond acceptors (Lipinski definition) is 10. The summed E-state index contributed by atoms with van der Waals surface area (Å²) in [7, 11) is 1.26. The van der Waals surface area contributed by atoms with Gasteiger partial charge in [0.25, 0.3) is 5.56 Å². The van der Waals surface area contributed by atoms with Crippen molar-refractivity contribution in [2.75, 3.05) is 26.9 Å². The molecule has 3 aromatic carbocycles. The lowest BCUT2D eigenvalue weighted by atomic mass is 9.95. The number of fused-ring (bicyclic) bond motifs is 1.